The molecule has 0 aliphatic carbocycles. The van der Waals surface area contributed by atoms with Gasteiger partial charge < -0.3 is 10.2 Å². The van der Waals surface area contributed by atoms with Crippen molar-refractivity contribution in [2.45, 2.75) is 33.7 Å². The molecular weight excluding hydrogens is 168 g/mol. The molecule has 0 saturated carbocycles. The first-order chi connectivity index (χ1) is 6.02. The van der Waals surface area contributed by atoms with Crippen LogP contribution in [-0.2, 0) is 9.63 Å². The molecule has 1 amide bonds. The molecule has 0 spiro atoms. The van der Waals surface area contributed by atoms with E-state index >= 15 is 0 Å². The predicted molar refractivity (Wildman–Crippen MR) is 52.1 cm³/mol. The molecule has 0 fully saturated rings. The van der Waals surface area contributed by atoms with E-state index in [-0.39, 0.29) is 18.5 Å². The first-order valence-corrected chi connectivity index (χ1v) is 4.66. The van der Waals surface area contributed by atoms with E-state index in [4.69, 9.17) is 4.84 Å². The second-order valence-electron chi connectivity index (χ2n) is 3.75. The molecule has 0 radical (unpaired) electrons. The zero-order chi connectivity index (χ0) is 10.3. The van der Waals surface area contributed by atoms with E-state index in [1.165, 1.54) is 0 Å². The van der Waals surface area contributed by atoms with Gasteiger partial charge in [0.15, 0.2) is 0 Å². The van der Waals surface area contributed by atoms with Crippen molar-refractivity contribution in [3.05, 3.63) is 0 Å². The summed E-state index contributed by atoms with van der Waals surface area (Å²) >= 11 is 0. The van der Waals surface area contributed by atoms with Gasteiger partial charge >= 0.3 is 0 Å². The van der Waals surface area contributed by atoms with Crippen LogP contribution in [0.25, 0.3) is 0 Å². The second-order valence-corrected chi connectivity index (χ2v) is 3.75. The van der Waals surface area contributed by atoms with Crippen molar-refractivity contribution >= 4 is 5.91 Å². The second kappa shape index (κ2) is 6.86. The van der Waals surface area contributed by atoms with Crippen molar-refractivity contribution in [1.82, 2.24) is 10.8 Å². The zero-order valence-electron chi connectivity index (χ0n) is 8.89. The van der Waals surface area contributed by atoms with Crippen LogP contribution in [0.4, 0.5) is 0 Å². The van der Waals surface area contributed by atoms with Gasteiger partial charge in [0.1, 0.15) is 0 Å². The maximum Gasteiger partial charge on any atom is 0.236 e. The summed E-state index contributed by atoms with van der Waals surface area (Å²) in [7, 11) is 0. The Kier molecular flexibility index (Phi) is 6.54. The molecule has 0 aromatic heterocycles. The fraction of sp³-hybridized carbons (Fsp3) is 0.889. The number of carbonyl (C=O) groups is 1. The van der Waals surface area contributed by atoms with Gasteiger partial charge in [-0.3, -0.25) is 4.79 Å². The molecule has 0 bridgehead atoms. The third-order valence-electron chi connectivity index (χ3n) is 1.20. The number of hydrogen-bond donors (Lipinski definition) is 2. The van der Waals surface area contributed by atoms with Gasteiger partial charge in [-0.2, -0.15) is 5.48 Å². The molecule has 0 aliphatic rings. The Morgan fingerprint density at radius 1 is 1.31 bits per heavy atom. The zero-order valence-corrected chi connectivity index (χ0v) is 8.89. The summed E-state index contributed by atoms with van der Waals surface area (Å²) < 4.78 is 0. The smallest absolute Gasteiger partial charge is 0.236 e. The van der Waals surface area contributed by atoms with Gasteiger partial charge in [-0.05, 0) is 19.8 Å². The molecule has 78 valence electrons. The minimum atomic E-state index is -0.0428. The monoisotopic (exact) mass is 188 g/mol. The molecule has 2 N–H and O–H groups in total. The Balaban J connectivity index is 3.27. The van der Waals surface area contributed by atoms with Crippen molar-refractivity contribution in [2.75, 3.05) is 13.2 Å². The number of carbonyl (C=O) groups excluding carboxylic acids is 1. The lowest BCUT2D eigenvalue weighted by Crippen LogP contribution is -2.38. The summed E-state index contributed by atoms with van der Waals surface area (Å²) in [5.41, 5.74) is 2.61. The van der Waals surface area contributed by atoms with Crippen molar-refractivity contribution in [3.63, 3.8) is 0 Å². The van der Waals surface area contributed by atoms with Crippen LogP contribution >= 0.6 is 0 Å². The fourth-order valence-electron chi connectivity index (χ4n) is 0.715. The van der Waals surface area contributed by atoms with Gasteiger partial charge in [-0.25, -0.2) is 0 Å². The lowest BCUT2D eigenvalue weighted by molar-refractivity contribution is -0.123. The highest BCUT2D eigenvalue weighted by atomic mass is 16.6. The third-order valence-corrected chi connectivity index (χ3v) is 1.20. The Labute approximate surface area is 80.0 Å². The van der Waals surface area contributed by atoms with Crippen LogP contribution in [0.1, 0.15) is 27.7 Å². The number of hydrogen-bond acceptors (Lipinski definition) is 3. The lowest BCUT2D eigenvalue weighted by atomic mass is 10.2. The summed E-state index contributed by atoms with van der Waals surface area (Å²) in [4.78, 5) is 16.1. The van der Waals surface area contributed by atoms with Crippen LogP contribution in [0.15, 0.2) is 0 Å². The van der Waals surface area contributed by atoms with Gasteiger partial charge in [0.05, 0.1) is 13.2 Å². The average Bonchev–Trinajstić information content (AvgIpc) is 1.96. The van der Waals surface area contributed by atoms with Crippen molar-refractivity contribution in [1.29, 1.82) is 0 Å². The van der Waals surface area contributed by atoms with E-state index in [2.05, 4.69) is 24.6 Å². The molecule has 0 unspecified atom stereocenters. The molecular formula is C9H20N2O2. The maximum absolute atomic E-state index is 11.0. The Morgan fingerprint density at radius 3 is 2.38 bits per heavy atom. The number of amides is 1. The molecule has 0 atom stereocenters. The third kappa shape index (κ3) is 9.30. The van der Waals surface area contributed by atoms with E-state index < -0.39 is 0 Å². The van der Waals surface area contributed by atoms with E-state index in [1.54, 1.807) is 0 Å². The molecule has 0 rings (SSSR count). The molecule has 0 saturated heterocycles. The quantitative estimate of drug-likeness (QED) is 0.476. The minimum absolute atomic E-state index is 0.0428. The highest BCUT2D eigenvalue weighted by Crippen LogP contribution is 1.89. The van der Waals surface area contributed by atoms with Crippen LogP contribution in [-0.4, -0.2) is 25.1 Å². The van der Waals surface area contributed by atoms with Gasteiger partial charge in [-0.15, -0.1) is 0 Å². The van der Waals surface area contributed by atoms with Gasteiger partial charge in [0.2, 0.25) is 5.91 Å². The lowest BCUT2D eigenvalue weighted by Gasteiger charge is -2.10. The molecule has 0 aliphatic heterocycles. The van der Waals surface area contributed by atoms with Crippen molar-refractivity contribution in [2.24, 2.45) is 5.92 Å². The standard InChI is InChI=1S/C9H20N2O2/c1-7(2)6-13-10-5-9(12)11-8(3)4/h7-8,10H,5-6H2,1-4H3,(H,11,12). The highest BCUT2D eigenvalue weighted by molar-refractivity contribution is 5.78. The summed E-state index contributed by atoms with van der Waals surface area (Å²) in [5.74, 6) is 0.430. The van der Waals surface area contributed by atoms with E-state index in [1.807, 2.05) is 13.8 Å². The van der Waals surface area contributed by atoms with E-state index in [0.29, 0.717) is 12.5 Å². The van der Waals surface area contributed by atoms with Crippen LogP contribution in [0, 0.1) is 5.92 Å². The Bertz CT molecular complexity index is 147. The van der Waals surface area contributed by atoms with Crippen LogP contribution < -0.4 is 10.8 Å². The van der Waals surface area contributed by atoms with Gasteiger partial charge in [0.25, 0.3) is 0 Å². The molecule has 13 heavy (non-hydrogen) atoms. The number of hydroxylamine groups is 1. The first-order valence-electron chi connectivity index (χ1n) is 4.66. The fourth-order valence-corrected chi connectivity index (χ4v) is 0.715. The largest absolute Gasteiger partial charge is 0.353 e. The van der Waals surface area contributed by atoms with E-state index in [9.17, 15) is 4.79 Å². The first kappa shape index (κ1) is 12.4. The summed E-state index contributed by atoms with van der Waals surface area (Å²) in [6, 6.07) is 0.180. The van der Waals surface area contributed by atoms with E-state index in [0.717, 1.165) is 0 Å². The summed E-state index contributed by atoms with van der Waals surface area (Å²) in [6.45, 7) is 8.78. The topological polar surface area (TPSA) is 50.4 Å². The van der Waals surface area contributed by atoms with Gasteiger partial charge in [-0.1, -0.05) is 13.8 Å². The molecule has 0 aromatic carbocycles. The van der Waals surface area contributed by atoms with Crippen LogP contribution in [0.2, 0.25) is 0 Å². The molecule has 4 heteroatoms. The number of rotatable bonds is 6. The van der Waals surface area contributed by atoms with Crippen LogP contribution in [0.5, 0.6) is 0 Å². The van der Waals surface area contributed by atoms with Crippen molar-refractivity contribution < 1.29 is 9.63 Å². The molecule has 4 nitrogen and oxygen atoms in total. The Morgan fingerprint density at radius 2 is 1.92 bits per heavy atom. The predicted octanol–water partition coefficient (Wildman–Crippen LogP) is 0.688. The SMILES string of the molecule is CC(C)CONCC(=O)NC(C)C. The minimum Gasteiger partial charge on any atom is -0.353 e. The van der Waals surface area contributed by atoms with Crippen molar-refractivity contribution in [3.8, 4) is 0 Å². The normalized spacial score (nSPS) is 10.9. The number of nitrogens with one attached hydrogen (secondary N) is 2. The van der Waals surface area contributed by atoms with Crippen LogP contribution in [0.3, 0.4) is 0 Å². The highest BCUT2D eigenvalue weighted by Gasteiger charge is 2.02. The maximum atomic E-state index is 11.0. The molecule has 0 aromatic rings. The Hall–Kier alpha value is -0.610. The summed E-state index contributed by atoms with van der Waals surface area (Å²) in [6.07, 6.45) is 0. The average molecular weight is 188 g/mol. The summed E-state index contributed by atoms with van der Waals surface area (Å²) in [5, 5.41) is 2.75. The molecule has 0 heterocycles. The van der Waals surface area contributed by atoms with Gasteiger partial charge in [0, 0.05) is 6.04 Å².